The summed E-state index contributed by atoms with van der Waals surface area (Å²) in [6.45, 7) is 9.73. The zero-order valence-corrected chi connectivity index (χ0v) is 35.5. The number of phenolic OH excluding ortho intramolecular Hbond substituents is 1. The third-order valence-corrected chi connectivity index (χ3v) is 12.6. The molecule has 1 saturated carbocycles. The van der Waals surface area contributed by atoms with E-state index >= 15 is 0 Å². The first-order valence-electron chi connectivity index (χ1n) is 22.6. The number of rotatable bonds is 27. The van der Waals surface area contributed by atoms with Gasteiger partial charge in [-0.05, 0) is 79.7 Å². The summed E-state index contributed by atoms with van der Waals surface area (Å²) in [6.07, 6.45) is 21.2. The minimum atomic E-state index is -1.28. The van der Waals surface area contributed by atoms with Crippen molar-refractivity contribution in [3.05, 3.63) is 84.0 Å². The molecule has 0 bridgehead atoms. The van der Waals surface area contributed by atoms with Gasteiger partial charge < -0.3 is 34.5 Å². The number of amides is 1. The highest BCUT2D eigenvalue weighted by Crippen LogP contribution is 2.62. The molecular weight excluding hydrogens is 729 g/mol. The van der Waals surface area contributed by atoms with E-state index < -0.39 is 11.8 Å². The highest BCUT2D eigenvalue weighted by molar-refractivity contribution is 6.03. The number of allylic oxidation sites excluding steroid dienone is 1. The lowest BCUT2D eigenvalue weighted by Gasteiger charge is -2.60. The molecule has 320 valence electrons. The lowest BCUT2D eigenvalue weighted by molar-refractivity contribution is -0.257. The molecular formula is C49H72N2O7. The van der Waals surface area contributed by atoms with Crippen LogP contribution in [0.1, 0.15) is 146 Å². The summed E-state index contributed by atoms with van der Waals surface area (Å²) >= 11 is 0. The van der Waals surface area contributed by atoms with Crippen LogP contribution in [0.4, 0.5) is 0 Å². The van der Waals surface area contributed by atoms with E-state index in [0.29, 0.717) is 44.6 Å². The van der Waals surface area contributed by atoms with Crippen LogP contribution in [0.25, 0.3) is 0 Å². The first-order valence-corrected chi connectivity index (χ1v) is 22.6. The van der Waals surface area contributed by atoms with Crippen molar-refractivity contribution in [2.24, 2.45) is 22.9 Å². The van der Waals surface area contributed by atoms with Crippen LogP contribution >= 0.6 is 0 Å². The summed E-state index contributed by atoms with van der Waals surface area (Å²) in [5.74, 6) is -0.659. The Balaban J connectivity index is 1.59. The van der Waals surface area contributed by atoms with Gasteiger partial charge in [-0.15, -0.1) is 6.58 Å². The third-order valence-electron chi connectivity index (χ3n) is 12.6. The number of nitrogens with zero attached hydrogens (tertiary/aromatic N) is 2. The molecule has 9 nitrogen and oxygen atoms in total. The summed E-state index contributed by atoms with van der Waals surface area (Å²) in [5, 5.41) is 35.6. The van der Waals surface area contributed by atoms with Gasteiger partial charge in [-0.25, -0.2) is 0 Å². The molecule has 2 aromatic rings. The predicted octanol–water partition coefficient (Wildman–Crippen LogP) is 10.4. The second-order valence-electron chi connectivity index (χ2n) is 16.7. The molecule has 0 spiro atoms. The van der Waals surface area contributed by atoms with Crippen molar-refractivity contribution in [1.29, 1.82) is 0 Å². The Morgan fingerprint density at radius 3 is 2.31 bits per heavy atom. The number of carbonyl (C=O) groups is 1. The zero-order valence-electron chi connectivity index (χ0n) is 35.5. The number of aromatic hydroxyl groups is 1. The molecule has 9 heteroatoms. The van der Waals surface area contributed by atoms with Gasteiger partial charge >= 0.3 is 0 Å². The van der Waals surface area contributed by atoms with Gasteiger partial charge in [0.25, 0.3) is 0 Å². The van der Waals surface area contributed by atoms with Crippen molar-refractivity contribution in [3.63, 3.8) is 0 Å². The van der Waals surface area contributed by atoms with Gasteiger partial charge in [0.05, 0.1) is 18.2 Å². The fourth-order valence-corrected chi connectivity index (χ4v) is 9.84. The molecule has 1 aliphatic heterocycles. The fraction of sp³-hybridized carbons (Fsp3) is 0.633. The summed E-state index contributed by atoms with van der Waals surface area (Å²) in [6, 6.07) is 14.8. The van der Waals surface area contributed by atoms with Crippen LogP contribution in [0.15, 0.2) is 78.0 Å². The summed E-state index contributed by atoms with van der Waals surface area (Å²) in [5.41, 5.74) is 3.72. The number of carbonyl (C=O) groups excluding carboxylic acids is 1. The van der Waals surface area contributed by atoms with Gasteiger partial charge in [0.2, 0.25) is 11.7 Å². The Labute approximate surface area is 348 Å². The number of hydrogen-bond acceptors (Lipinski definition) is 8. The average molecular weight is 801 g/mol. The van der Waals surface area contributed by atoms with Gasteiger partial charge in [-0.2, -0.15) is 0 Å². The Morgan fingerprint density at radius 1 is 0.914 bits per heavy atom. The maximum Gasteiger partial charge on any atom is 0.239 e. The quantitative estimate of drug-likeness (QED) is 0.0467. The molecule has 0 radical (unpaired) electrons. The number of phenols is 1. The van der Waals surface area contributed by atoms with E-state index in [1.54, 1.807) is 12.1 Å². The number of aliphatic hydroxyl groups excluding tert-OH is 2. The smallest absolute Gasteiger partial charge is 0.239 e. The molecule has 3 N–H and O–H groups in total. The van der Waals surface area contributed by atoms with E-state index in [1.807, 2.05) is 47.4 Å². The monoisotopic (exact) mass is 801 g/mol. The molecule has 58 heavy (non-hydrogen) atoms. The lowest BCUT2D eigenvalue weighted by Crippen LogP contribution is -2.70. The van der Waals surface area contributed by atoms with Crippen molar-refractivity contribution in [3.8, 4) is 11.5 Å². The molecule has 6 atom stereocenters. The van der Waals surface area contributed by atoms with Crippen molar-refractivity contribution in [2.75, 3.05) is 26.4 Å². The average Bonchev–Trinajstić information content (AvgIpc) is 3.23. The van der Waals surface area contributed by atoms with Gasteiger partial charge in [0.15, 0.2) is 0 Å². The summed E-state index contributed by atoms with van der Waals surface area (Å²) in [7, 11) is 0. The Kier molecular flexibility index (Phi) is 18.6. The predicted molar refractivity (Wildman–Crippen MR) is 232 cm³/mol. The van der Waals surface area contributed by atoms with Crippen LogP contribution < -0.4 is 4.74 Å². The topological polar surface area (TPSA) is 121 Å². The van der Waals surface area contributed by atoms with E-state index in [4.69, 9.17) is 19.5 Å². The second-order valence-corrected chi connectivity index (χ2v) is 16.7. The van der Waals surface area contributed by atoms with E-state index in [9.17, 15) is 20.1 Å². The second kappa shape index (κ2) is 23.8. The largest absolute Gasteiger partial charge is 0.508 e. The van der Waals surface area contributed by atoms with Gasteiger partial charge in [0.1, 0.15) is 24.1 Å². The van der Waals surface area contributed by atoms with E-state index in [0.717, 1.165) is 73.8 Å². The Hall–Kier alpha value is -3.66. The van der Waals surface area contributed by atoms with Crippen LogP contribution in [-0.2, 0) is 21.0 Å². The van der Waals surface area contributed by atoms with E-state index in [1.165, 1.54) is 38.5 Å². The number of oxime groups is 1. The van der Waals surface area contributed by atoms with Gasteiger partial charge in [0, 0.05) is 44.1 Å². The highest BCUT2D eigenvalue weighted by Gasteiger charge is 2.65. The summed E-state index contributed by atoms with van der Waals surface area (Å²) < 4.78 is 14.3. The maximum atomic E-state index is 14.6. The normalized spacial score (nSPS) is 24.0. The highest BCUT2D eigenvalue weighted by atomic mass is 16.7. The standard InChI is InChI=1S/C49H72N2O7/c1-4-7-8-9-10-11-12-13-17-26-46(55)51(29-5-2)45-35-43(50-57-36-37-22-15-14-16-23-37)41-33-38(24-18-20-30-52)40(25-19-21-31-53)47-42-34-39(54)27-28-44(42)58-49(45,48(41)47)56-32-6-3/h6,14-16,22-23,27-28,33-34,38,40,45,47-48,52-54H,3-5,7-13,17-21,24-26,29-32,35-36H2,1-2H3/t38-,40+,45-,47+,48+,49+/m0/s1. The molecule has 0 saturated heterocycles. The van der Waals surface area contributed by atoms with Crippen LogP contribution in [0.2, 0.25) is 0 Å². The molecule has 1 fully saturated rings. The van der Waals surface area contributed by atoms with E-state index in [-0.39, 0.29) is 55.1 Å². The fourth-order valence-electron chi connectivity index (χ4n) is 9.84. The number of aliphatic hydroxyl groups is 2. The van der Waals surface area contributed by atoms with Crippen molar-refractivity contribution >= 4 is 11.6 Å². The summed E-state index contributed by atoms with van der Waals surface area (Å²) in [4.78, 5) is 22.9. The van der Waals surface area contributed by atoms with Crippen molar-refractivity contribution in [2.45, 2.75) is 154 Å². The Bertz CT molecular complexity index is 1610. The molecule has 0 aromatic heterocycles. The number of ether oxygens (including phenoxy) is 2. The van der Waals surface area contributed by atoms with Crippen LogP contribution in [0.5, 0.6) is 11.5 Å². The SMILES string of the molecule is C=CCO[C@@]12Oc3ccc(O)cc3[C@H]3[C@H](CCCCO)[C@@H](CCCCO)C=C(C(=NOCc4ccccc4)C[C@@H]1N(CCC)C(=O)CCCCCCCCCCC)[C@H]32. The van der Waals surface area contributed by atoms with Crippen molar-refractivity contribution in [1.82, 2.24) is 4.90 Å². The van der Waals surface area contributed by atoms with Crippen molar-refractivity contribution < 1.29 is 34.4 Å². The third kappa shape index (κ3) is 11.5. The van der Waals surface area contributed by atoms with E-state index in [2.05, 4.69) is 26.5 Å². The molecule has 1 heterocycles. The number of unbranched alkanes of at least 4 members (excludes halogenated alkanes) is 10. The first kappa shape index (κ1) is 45.4. The molecule has 2 aliphatic carbocycles. The van der Waals surface area contributed by atoms with Crippen LogP contribution in [0, 0.1) is 17.8 Å². The van der Waals surface area contributed by atoms with Gasteiger partial charge in [-0.1, -0.05) is 126 Å². The molecule has 3 aliphatic rings. The number of benzene rings is 2. The minimum absolute atomic E-state index is 0.0993. The van der Waals surface area contributed by atoms with Gasteiger partial charge in [-0.3, -0.25) is 4.79 Å². The molecule has 0 unspecified atom stereocenters. The zero-order chi connectivity index (χ0) is 41.2. The Morgan fingerprint density at radius 2 is 1.62 bits per heavy atom. The molecule has 1 amide bonds. The maximum absolute atomic E-state index is 14.6. The van der Waals surface area contributed by atoms with Crippen LogP contribution in [0.3, 0.4) is 0 Å². The number of hydrogen-bond donors (Lipinski definition) is 3. The first-order chi connectivity index (χ1) is 28.4. The minimum Gasteiger partial charge on any atom is -0.508 e. The molecule has 5 rings (SSSR count). The lowest BCUT2D eigenvalue weighted by atomic mass is 9.55. The molecule has 2 aromatic carbocycles. The number of fused-ring (bicyclic) bond motifs is 2. The van der Waals surface area contributed by atoms with Crippen LogP contribution in [-0.4, -0.2) is 70.0 Å².